The van der Waals surface area contributed by atoms with Gasteiger partial charge in [0.05, 0.1) is 18.4 Å². The third kappa shape index (κ3) is 6.13. The van der Waals surface area contributed by atoms with Gasteiger partial charge in [-0.05, 0) is 45.4 Å². The summed E-state index contributed by atoms with van der Waals surface area (Å²) in [5, 5.41) is 10.3. The van der Waals surface area contributed by atoms with Crippen molar-refractivity contribution >= 4 is 16.1 Å². The van der Waals surface area contributed by atoms with E-state index in [1.54, 1.807) is 39.0 Å². The van der Waals surface area contributed by atoms with Crippen LogP contribution in [0.2, 0.25) is 0 Å². The fourth-order valence-electron chi connectivity index (χ4n) is 1.62. The lowest BCUT2D eigenvalue weighted by atomic mass is 9.95. The molecule has 0 aliphatic heterocycles. The average molecular weight is 330 g/mol. The van der Waals surface area contributed by atoms with Crippen LogP contribution in [0.1, 0.15) is 43.6 Å². The molecule has 7 heteroatoms. The van der Waals surface area contributed by atoms with Gasteiger partial charge in [0.25, 0.3) is 10.1 Å². The molecule has 0 saturated heterocycles. The quantitative estimate of drug-likeness (QED) is 0.654. The van der Waals surface area contributed by atoms with Crippen molar-refractivity contribution < 1.29 is 27.2 Å². The minimum atomic E-state index is -3.67. The monoisotopic (exact) mass is 330 g/mol. The van der Waals surface area contributed by atoms with E-state index in [9.17, 15) is 18.3 Å². The van der Waals surface area contributed by atoms with E-state index in [1.165, 1.54) is 13.0 Å². The lowest BCUT2D eigenvalue weighted by molar-refractivity contribution is 0.00582. The number of hydrogen-bond donors (Lipinski definition) is 1. The molecule has 0 radical (unpaired) electrons. The second-order valence-electron chi connectivity index (χ2n) is 6.32. The lowest BCUT2D eigenvalue weighted by Crippen LogP contribution is -2.30. The molecule has 1 rings (SSSR count). The number of aliphatic hydroxyl groups is 1. The average Bonchev–Trinajstić information content (AvgIpc) is 2.34. The van der Waals surface area contributed by atoms with Crippen LogP contribution in [-0.4, -0.2) is 38.0 Å². The zero-order valence-corrected chi connectivity index (χ0v) is 14.2. The van der Waals surface area contributed by atoms with Crippen LogP contribution in [0, 0.1) is 0 Å². The van der Waals surface area contributed by atoms with Crippen LogP contribution in [0.15, 0.2) is 24.3 Å². The van der Waals surface area contributed by atoms with Crippen LogP contribution in [-0.2, 0) is 24.6 Å². The Labute approximate surface area is 131 Å². The maximum Gasteiger partial charge on any atom is 0.338 e. The normalized spacial score (nSPS) is 15.2. The molecule has 1 N–H and O–H groups in total. The van der Waals surface area contributed by atoms with Crippen LogP contribution in [0.5, 0.6) is 0 Å². The molecular weight excluding hydrogens is 308 g/mol. The molecule has 1 aromatic carbocycles. The molecule has 0 amide bonds. The Morgan fingerprint density at radius 2 is 1.82 bits per heavy atom. The van der Waals surface area contributed by atoms with Crippen molar-refractivity contribution in [2.45, 2.75) is 38.9 Å². The summed E-state index contributed by atoms with van der Waals surface area (Å²) in [6.07, 6.45) is 0.903. The van der Waals surface area contributed by atoms with Crippen LogP contribution in [0.25, 0.3) is 0 Å². The highest BCUT2D eigenvalue weighted by Crippen LogP contribution is 2.23. The summed E-state index contributed by atoms with van der Waals surface area (Å²) in [5.74, 6) is -0.519. The van der Waals surface area contributed by atoms with Crippen LogP contribution >= 0.6 is 0 Å². The third-order valence-corrected chi connectivity index (χ3v) is 3.22. The molecule has 0 heterocycles. The summed E-state index contributed by atoms with van der Waals surface area (Å²) in [5.41, 5.74) is -1.55. The maximum atomic E-state index is 12.0. The molecule has 1 aromatic rings. The summed E-state index contributed by atoms with van der Waals surface area (Å²) < 4.78 is 32.0. The van der Waals surface area contributed by atoms with E-state index in [0.29, 0.717) is 5.56 Å². The fraction of sp³-hybridized carbons (Fsp3) is 0.533. The number of ether oxygens (including phenoxy) is 1. The van der Waals surface area contributed by atoms with Crippen molar-refractivity contribution in [1.29, 1.82) is 0 Å². The zero-order valence-electron chi connectivity index (χ0n) is 13.4. The van der Waals surface area contributed by atoms with E-state index in [2.05, 4.69) is 4.18 Å². The van der Waals surface area contributed by atoms with Gasteiger partial charge in [0.2, 0.25) is 0 Å². The van der Waals surface area contributed by atoms with Gasteiger partial charge in [0, 0.05) is 0 Å². The first-order valence-corrected chi connectivity index (χ1v) is 8.52. The third-order valence-electron chi connectivity index (χ3n) is 2.67. The molecule has 0 aliphatic rings. The van der Waals surface area contributed by atoms with Gasteiger partial charge >= 0.3 is 5.97 Å². The molecule has 1 atom stereocenters. The number of rotatable bonds is 5. The number of hydrogen-bond acceptors (Lipinski definition) is 6. The highest BCUT2D eigenvalue weighted by atomic mass is 32.2. The number of carbonyl (C=O) groups is 1. The summed E-state index contributed by atoms with van der Waals surface area (Å²) in [7, 11) is -3.67. The van der Waals surface area contributed by atoms with E-state index in [4.69, 9.17) is 4.74 Å². The van der Waals surface area contributed by atoms with Gasteiger partial charge in [-0.15, -0.1) is 0 Å². The highest BCUT2D eigenvalue weighted by molar-refractivity contribution is 7.85. The topological polar surface area (TPSA) is 89.9 Å². The van der Waals surface area contributed by atoms with Crippen molar-refractivity contribution in [3.8, 4) is 0 Å². The van der Waals surface area contributed by atoms with E-state index < -0.39 is 33.9 Å². The Bertz CT molecular complexity index is 640. The minimum Gasteiger partial charge on any atom is -0.456 e. The van der Waals surface area contributed by atoms with E-state index in [1.807, 2.05) is 0 Å². The molecular formula is C15H22O6S. The summed E-state index contributed by atoms with van der Waals surface area (Å²) >= 11 is 0. The van der Waals surface area contributed by atoms with Gasteiger partial charge < -0.3 is 9.84 Å². The van der Waals surface area contributed by atoms with Crippen LogP contribution in [0.3, 0.4) is 0 Å². The summed E-state index contributed by atoms with van der Waals surface area (Å²) in [4.78, 5) is 12.0. The first-order valence-electron chi connectivity index (χ1n) is 6.71. The van der Waals surface area contributed by atoms with Crippen LogP contribution in [0.4, 0.5) is 0 Å². The number of benzene rings is 1. The molecule has 0 unspecified atom stereocenters. The second kappa shape index (κ2) is 6.36. The van der Waals surface area contributed by atoms with Crippen molar-refractivity contribution in [3.05, 3.63) is 35.4 Å². The van der Waals surface area contributed by atoms with E-state index in [0.717, 1.165) is 6.26 Å². The molecule has 0 spiro atoms. The largest absolute Gasteiger partial charge is 0.456 e. The number of esters is 1. The smallest absolute Gasteiger partial charge is 0.338 e. The molecule has 22 heavy (non-hydrogen) atoms. The Hall–Kier alpha value is -1.44. The van der Waals surface area contributed by atoms with Gasteiger partial charge in [0.15, 0.2) is 0 Å². The zero-order chi connectivity index (χ0) is 17.2. The molecule has 6 nitrogen and oxygen atoms in total. The van der Waals surface area contributed by atoms with Crippen molar-refractivity contribution in [3.63, 3.8) is 0 Å². The minimum absolute atomic E-state index is 0.270. The van der Waals surface area contributed by atoms with Gasteiger partial charge in [0.1, 0.15) is 11.2 Å². The molecule has 0 bridgehead atoms. The molecule has 124 valence electrons. The Morgan fingerprint density at radius 3 is 2.32 bits per heavy atom. The molecule has 0 aromatic heterocycles. The lowest BCUT2D eigenvalue weighted by Gasteiger charge is -2.24. The predicted molar refractivity (Wildman–Crippen MR) is 82.0 cm³/mol. The standard InChI is InChI=1S/C15H22O6S/c1-14(2,3)21-13(16)11-7-6-8-12(9-11)15(4,17)10-20-22(5,18)19/h6-9,17H,10H2,1-5H3/t15-/m1/s1. The highest BCUT2D eigenvalue weighted by Gasteiger charge is 2.27. The first kappa shape index (κ1) is 18.6. The Kier molecular flexibility index (Phi) is 5.38. The van der Waals surface area contributed by atoms with Crippen LogP contribution < -0.4 is 0 Å². The van der Waals surface area contributed by atoms with E-state index in [-0.39, 0.29) is 5.56 Å². The van der Waals surface area contributed by atoms with E-state index >= 15 is 0 Å². The number of carbonyl (C=O) groups excluding carboxylic acids is 1. The van der Waals surface area contributed by atoms with Crippen molar-refractivity contribution in [2.75, 3.05) is 12.9 Å². The van der Waals surface area contributed by atoms with Gasteiger partial charge in [-0.3, -0.25) is 4.18 Å². The van der Waals surface area contributed by atoms with Gasteiger partial charge in [-0.25, -0.2) is 4.79 Å². The Morgan fingerprint density at radius 1 is 1.23 bits per heavy atom. The SMILES string of the molecule is CC(C)(C)OC(=O)c1cccc([C@](C)(O)COS(C)(=O)=O)c1. The molecule has 0 fully saturated rings. The van der Waals surface area contributed by atoms with Crippen molar-refractivity contribution in [1.82, 2.24) is 0 Å². The predicted octanol–water partition coefficient (Wildman–Crippen LogP) is 1.83. The Balaban J connectivity index is 2.98. The summed E-state index contributed by atoms with van der Waals surface area (Å²) in [6.45, 7) is 6.23. The maximum absolute atomic E-state index is 12.0. The second-order valence-corrected chi connectivity index (χ2v) is 7.97. The van der Waals surface area contributed by atoms with Crippen molar-refractivity contribution in [2.24, 2.45) is 0 Å². The van der Waals surface area contributed by atoms with Gasteiger partial charge in [-0.2, -0.15) is 8.42 Å². The first-order chi connectivity index (χ1) is 9.80. The van der Waals surface area contributed by atoms with Gasteiger partial charge in [-0.1, -0.05) is 12.1 Å². The fourth-order valence-corrected chi connectivity index (χ4v) is 2.07. The molecule has 0 aliphatic carbocycles. The molecule has 0 saturated carbocycles. The summed E-state index contributed by atoms with van der Waals surface area (Å²) in [6, 6.07) is 6.19.